The Morgan fingerprint density at radius 3 is 2.60 bits per heavy atom. The van der Waals surface area contributed by atoms with Gasteiger partial charge in [0.2, 0.25) is 15.9 Å². The largest absolute Gasteiger partial charge is 0.336 e. The highest BCUT2D eigenvalue weighted by Crippen LogP contribution is 2.24. The molecule has 8 heteroatoms. The van der Waals surface area contributed by atoms with Crippen molar-refractivity contribution in [2.75, 3.05) is 37.2 Å². The summed E-state index contributed by atoms with van der Waals surface area (Å²) in [6.07, 6.45) is 1.79. The minimum atomic E-state index is -3.22. The topological polar surface area (TPSA) is 86.8 Å². The fourth-order valence-electron chi connectivity index (χ4n) is 3.17. The molecule has 25 heavy (non-hydrogen) atoms. The highest BCUT2D eigenvalue weighted by atomic mass is 32.2. The molecule has 2 aliphatic rings. The van der Waals surface area contributed by atoms with Gasteiger partial charge in [0.05, 0.1) is 12.2 Å². The third-order valence-corrected chi connectivity index (χ3v) is 6.61. The van der Waals surface area contributed by atoms with E-state index in [0.717, 1.165) is 17.7 Å². The molecule has 3 rings (SSSR count). The lowest BCUT2D eigenvalue weighted by atomic mass is 10.1. The van der Waals surface area contributed by atoms with Gasteiger partial charge in [-0.3, -0.25) is 9.59 Å². The third kappa shape index (κ3) is 3.85. The number of sulfonamides is 1. The van der Waals surface area contributed by atoms with Crippen LogP contribution in [-0.2, 0) is 21.2 Å². The number of carbonyl (C=O) groups excluding carboxylic acids is 2. The SMILES string of the molecule is CCCCS(=O)(=O)N1CCN(C(=O)c2ccc3c(c2)CC(=O)N3)CC1. The fourth-order valence-corrected chi connectivity index (χ4v) is 4.80. The van der Waals surface area contributed by atoms with Crippen molar-refractivity contribution in [1.82, 2.24) is 9.21 Å². The monoisotopic (exact) mass is 365 g/mol. The second-order valence-corrected chi connectivity index (χ2v) is 8.55. The lowest BCUT2D eigenvalue weighted by Gasteiger charge is -2.34. The number of nitrogens with one attached hydrogen (secondary N) is 1. The maximum absolute atomic E-state index is 12.7. The van der Waals surface area contributed by atoms with E-state index in [1.54, 1.807) is 23.1 Å². The van der Waals surface area contributed by atoms with Gasteiger partial charge in [-0.2, -0.15) is 4.31 Å². The molecule has 1 N–H and O–H groups in total. The van der Waals surface area contributed by atoms with E-state index in [2.05, 4.69) is 5.32 Å². The predicted octanol–water partition coefficient (Wildman–Crippen LogP) is 1.07. The molecule has 7 nitrogen and oxygen atoms in total. The molecule has 2 amide bonds. The van der Waals surface area contributed by atoms with E-state index in [9.17, 15) is 18.0 Å². The number of piperazine rings is 1. The zero-order chi connectivity index (χ0) is 18.0. The lowest BCUT2D eigenvalue weighted by Crippen LogP contribution is -2.51. The molecule has 2 heterocycles. The molecule has 1 fully saturated rings. The van der Waals surface area contributed by atoms with Gasteiger partial charge < -0.3 is 10.2 Å². The van der Waals surface area contributed by atoms with Gasteiger partial charge >= 0.3 is 0 Å². The summed E-state index contributed by atoms with van der Waals surface area (Å²) in [7, 11) is -3.22. The van der Waals surface area contributed by atoms with Crippen LogP contribution in [0.2, 0.25) is 0 Å². The minimum absolute atomic E-state index is 0.0644. The summed E-state index contributed by atoms with van der Waals surface area (Å²) in [6, 6.07) is 5.20. The van der Waals surface area contributed by atoms with Crippen molar-refractivity contribution >= 4 is 27.5 Å². The highest BCUT2D eigenvalue weighted by molar-refractivity contribution is 7.89. The molecular formula is C17H23N3O4S. The van der Waals surface area contributed by atoms with Gasteiger partial charge in [0.1, 0.15) is 0 Å². The van der Waals surface area contributed by atoms with E-state index in [4.69, 9.17) is 0 Å². The Hall–Kier alpha value is -1.93. The molecular weight excluding hydrogens is 342 g/mol. The van der Waals surface area contributed by atoms with Crippen LogP contribution < -0.4 is 5.32 Å². The molecule has 0 radical (unpaired) electrons. The Labute approximate surface area is 148 Å². The van der Waals surface area contributed by atoms with E-state index in [1.165, 1.54) is 4.31 Å². The van der Waals surface area contributed by atoms with E-state index < -0.39 is 10.0 Å². The molecule has 1 aromatic rings. The van der Waals surface area contributed by atoms with Gasteiger partial charge in [-0.15, -0.1) is 0 Å². The second-order valence-electron chi connectivity index (χ2n) is 6.46. The van der Waals surface area contributed by atoms with Gasteiger partial charge in [0.25, 0.3) is 5.91 Å². The van der Waals surface area contributed by atoms with Crippen molar-refractivity contribution in [3.63, 3.8) is 0 Å². The molecule has 0 spiro atoms. The molecule has 136 valence electrons. The standard InChI is InChI=1S/C17H23N3O4S/c1-2-3-10-25(23,24)20-8-6-19(7-9-20)17(22)13-4-5-15-14(11-13)12-16(21)18-15/h4-5,11H,2-3,6-10,12H2,1H3,(H,18,21). The van der Waals surface area contributed by atoms with E-state index in [-0.39, 0.29) is 17.6 Å². The minimum Gasteiger partial charge on any atom is -0.336 e. The summed E-state index contributed by atoms with van der Waals surface area (Å²) >= 11 is 0. The summed E-state index contributed by atoms with van der Waals surface area (Å²) in [6.45, 7) is 3.41. The van der Waals surface area contributed by atoms with E-state index in [0.29, 0.717) is 44.6 Å². The molecule has 0 aliphatic carbocycles. The van der Waals surface area contributed by atoms with Crippen molar-refractivity contribution < 1.29 is 18.0 Å². The number of hydrogen-bond donors (Lipinski definition) is 1. The maximum atomic E-state index is 12.7. The van der Waals surface area contributed by atoms with Crippen molar-refractivity contribution in [3.05, 3.63) is 29.3 Å². The number of amides is 2. The van der Waals surface area contributed by atoms with Crippen molar-refractivity contribution in [2.45, 2.75) is 26.2 Å². The van der Waals surface area contributed by atoms with Crippen molar-refractivity contribution in [3.8, 4) is 0 Å². The molecule has 0 aromatic heterocycles. The van der Waals surface area contributed by atoms with Crippen LogP contribution in [0.3, 0.4) is 0 Å². The molecule has 0 saturated carbocycles. The Morgan fingerprint density at radius 2 is 1.92 bits per heavy atom. The van der Waals surface area contributed by atoms with Crippen LogP contribution in [0.4, 0.5) is 5.69 Å². The molecule has 0 unspecified atom stereocenters. The van der Waals surface area contributed by atoms with Gasteiger partial charge in [0.15, 0.2) is 0 Å². The van der Waals surface area contributed by atoms with Crippen LogP contribution in [0.1, 0.15) is 35.7 Å². The van der Waals surface area contributed by atoms with Gasteiger partial charge in [0, 0.05) is 37.4 Å². The maximum Gasteiger partial charge on any atom is 0.253 e. The number of fused-ring (bicyclic) bond motifs is 1. The summed E-state index contributed by atoms with van der Waals surface area (Å²) in [5.74, 6) is -0.0122. The van der Waals surface area contributed by atoms with Crippen LogP contribution in [0.5, 0.6) is 0 Å². The molecule has 0 bridgehead atoms. The first kappa shape index (κ1) is 17.9. The molecule has 2 aliphatic heterocycles. The Kier molecular flexibility index (Phi) is 5.10. The first-order valence-electron chi connectivity index (χ1n) is 8.60. The van der Waals surface area contributed by atoms with Crippen LogP contribution in [0.15, 0.2) is 18.2 Å². The smallest absolute Gasteiger partial charge is 0.253 e. The normalized spacial score (nSPS) is 18.1. The number of carbonyl (C=O) groups is 2. The van der Waals surface area contributed by atoms with Gasteiger partial charge in [-0.1, -0.05) is 13.3 Å². The number of hydrogen-bond acceptors (Lipinski definition) is 4. The summed E-state index contributed by atoms with van der Waals surface area (Å²) in [4.78, 5) is 25.8. The Balaban J connectivity index is 1.63. The first-order valence-corrected chi connectivity index (χ1v) is 10.2. The van der Waals surface area contributed by atoms with Crippen LogP contribution in [-0.4, -0.2) is 61.4 Å². The zero-order valence-electron chi connectivity index (χ0n) is 14.3. The average molecular weight is 365 g/mol. The first-order chi connectivity index (χ1) is 11.9. The highest BCUT2D eigenvalue weighted by Gasteiger charge is 2.29. The van der Waals surface area contributed by atoms with Crippen molar-refractivity contribution in [1.29, 1.82) is 0 Å². The van der Waals surface area contributed by atoms with Crippen LogP contribution in [0.25, 0.3) is 0 Å². The fraction of sp³-hybridized carbons (Fsp3) is 0.529. The summed E-state index contributed by atoms with van der Waals surface area (Å²) in [5.41, 5.74) is 2.13. The molecule has 1 aromatic carbocycles. The Bertz CT molecular complexity index is 783. The van der Waals surface area contributed by atoms with Crippen LogP contribution >= 0.6 is 0 Å². The number of anilines is 1. The molecule has 1 saturated heterocycles. The Morgan fingerprint density at radius 1 is 1.20 bits per heavy atom. The quantitative estimate of drug-likeness (QED) is 0.846. The number of nitrogens with zero attached hydrogens (tertiary/aromatic N) is 2. The zero-order valence-corrected chi connectivity index (χ0v) is 15.1. The van der Waals surface area contributed by atoms with Crippen molar-refractivity contribution in [2.24, 2.45) is 0 Å². The number of benzene rings is 1. The number of unbranched alkanes of at least 4 members (excludes halogenated alkanes) is 1. The third-order valence-electron chi connectivity index (χ3n) is 4.65. The average Bonchev–Trinajstić information content (AvgIpc) is 2.98. The predicted molar refractivity (Wildman–Crippen MR) is 94.9 cm³/mol. The van der Waals surface area contributed by atoms with Gasteiger partial charge in [-0.25, -0.2) is 8.42 Å². The molecule has 0 atom stereocenters. The second kappa shape index (κ2) is 7.13. The van der Waals surface area contributed by atoms with E-state index in [1.807, 2.05) is 6.92 Å². The van der Waals surface area contributed by atoms with E-state index >= 15 is 0 Å². The summed E-state index contributed by atoms with van der Waals surface area (Å²) < 4.78 is 26.0. The van der Waals surface area contributed by atoms with Crippen LogP contribution in [0, 0.1) is 0 Å². The number of rotatable bonds is 5. The lowest BCUT2D eigenvalue weighted by molar-refractivity contribution is -0.115. The summed E-state index contributed by atoms with van der Waals surface area (Å²) in [5, 5.41) is 2.74. The van der Waals surface area contributed by atoms with Gasteiger partial charge in [-0.05, 0) is 30.2 Å².